The van der Waals surface area contributed by atoms with Gasteiger partial charge in [-0.1, -0.05) is 12.1 Å². The van der Waals surface area contributed by atoms with Crippen molar-refractivity contribution in [1.82, 2.24) is 5.32 Å². The normalized spacial score (nSPS) is 20.6. The van der Waals surface area contributed by atoms with Crippen molar-refractivity contribution >= 4 is 0 Å². The largest absolute Gasteiger partial charge is 0.494 e. The summed E-state index contributed by atoms with van der Waals surface area (Å²) < 4.78 is 11.2. The van der Waals surface area contributed by atoms with Crippen LogP contribution < -0.4 is 10.1 Å². The molecule has 20 heavy (non-hydrogen) atoms. The first-order chi connectivity index (χ1) is 9.79. The summed E-state index contributed by atoms with van der Waals surface area (Å²) in [6.45, 7) is 6.88. The average Bonchev–Trinajstić information content (AvgIpc) is 2.49. The summed E-state index contributed by atoms with van der Waals surface area (Å²) in [7, 11) is 0. The Kier molecular flexibility index (Phi) is 6.34. The highest BCUT2D eigenvalue weighted by atomic mass is 16.5. The second-order valence-electron chi connectivity index (χ2n) is 5.46. The fourth-order valence-corrected chi connectivity index (χ4v) is 2.63. The van der Waals surface area contributed by atoms with Crippen molar-refractivity contribution in [3.05, 3.63) is 29.8 Å². The summed E-state index contributed by atoms with van der Waals surface area (Å²) in [4.78, 5) is 0. The topological polar surface area (TPSA) is 30.5 Å². The lowest BCUT2D eigenvalue weighted by Gasteiger charge is -2.23. The van der Waals surface area contributed by atoms with Crippen LogP contribution in [0.25, 0.3) is 0 Å². The Morgan fingerprint density at radius 3 is 2.75 bits per heavy atom. The highest BCUT2D eigenvalue weighted by Gasteiger charge is 2.13. The molecule has 0 aliphatic carbocycles. The van der Waals surface area contributed by atoms with Gasteiger partial charge in [-0.2, -0.15) is 0 Å². The predicted molar refractivity (Wildman–Crippen MR) is 82.2 cm³/mol. The third kappa shape index (κ3) is 4.80. The Hall–Kier alpha value is -1.06. The Bertz CT molecular complexity index is 371. The first-order valence-electron chi connectivity index (χ1n) is 7.87. The van der Waals surface area contributed by atoms with Crippen molar-refractivity contribution in [3.63, 3.8) is 0 Å². The molecule has 1 heterocycles. The van der Waals surface area contributed by atoms with Gasteiger partial charge < -0.3 is 14.8 Å². The van der Waals surface area contributed by atoms with Crippen LogP contribution >= 0.6 is 0 Å². The van der Waals surface area contributed by atoms with Crippen LogP contribution in [0, 0.1) is 0 Å². The van der Waals surface area contributed by atoms with E-state index in [0.717, 1.165) is 25.3 Å². The molecule has 1 N–H and O–H groups in total. The summed E-state index contributed by atoms with van der Waals surface area (Å²) in [5.74, 6) is 0.944. The van der Waals surface area contributed by atoms with E-state index in [1.54, 1.807) is 0 Å². The first-order valence-corrected chi connectivity index (χ1v) is 7.87. The van der Waals surface area contributed by atoms with Crippen LogP contribution in [-0.2, 0) is 4.74 Å². The van der Waals surface area contributed by atoms with Crippen LogP contribution in [0.2, 0.25) is 0 Å². The van der Waals surface area contributed by atoms with Gasteiger partial charge in [-0.25, -0.2) is 0 Å². The van der Waals surface area contributed by atoms with Gasteiger partial charge in [-0.15, -0.1) is 0 Å². The maximum atomic E-state index is 5.75. The van der Waals surface area contributed by atoms with Crippen LogP contribution in [-0.4, -0.2) is 25.9 Å². The quantitative estimate of drug-likeness (QED) is 0.824. The van der Waals surface area contributed by atoms with Crippen molar-refractivity contribution in [2.45, 2.75) is 51.7 Å². The molecule has 1 aromatic carbocycles. The molecule has 112 valence electrons. The van der Waals surface area contributed by atoms with E-state index in [0.29, 0.717) is 18.8 Å². The smallest absolute Gasteiger partial charge is 0.119 e. The van der Waals surface area contributed by atoms with E-state index in [-0.39, 0.29) is 0 Å². The van der Waals surface area contributed by atoms with E-state index >= 15 is 0 Å². The Morgan fingerprint density at radius 2 is 2.10 bits per heavy atom. The molecular formula is C17H27NO2. The predicted octanol–water partition coefficient (Wildman–Crippen LogP) is 3.70. The average molecular weight is 277 g/mol. The second-order valence-corrected chi connectivity index (χ2v) is 5.46. The second kappa shape index (κ2) is 8.28. The van der Waals surface area contributed by atoms with Gasteiger partial charge in [0.1, 0.15) is 5.75 Å². The molecule has 0 aromatic heterocycles. The van der Waals surface area contributed by atoms with Gasteiger partial charge in [0.15, 0.2) is 0 Å². The zero-order valence-electron chi connectivity index (χ0n) is 12.7. The van der Waals surface area contributed by atoms with E-state index < -0.39 is 0 Å². The van der Waals surface area contributed by atoms with Crippen LogP contribution in [0.15, 0.2) is 24.3 Å². The molecule has 0 radical (unpaired) electrons. The summed E-state index contributed by atoms with van der Waals surface area (Å²) in [5, 5.41) is 3.58. The zero-order valence-corrected chi connectivity index (χ0v) is 12.7. The summed E-state index contributed by atoms with van der Waals surface area (Å²) in [5.41, 5.74) is 1.30. The fourth-order valence-electron chi connectivity index (χ4n) is 2.63. The van der Waals surface area contributed by atoms with Crippen LogP contribution in [0.4, 0.5) is 0 Å². The van der Waals surface area contributed by atoms with Crippen LogP contribution in [0.3, 0.4) is 0 Å². The third-order valence-electron chi connectivity index (χ3n) is 3.88. The fraction of sp³-hybridized carbons (Fsp3) is 0.647. The molecule has 2 rings (SSSR count). The molecule has 0 spiro atoms. The number of hydrogen-bond donors (Lipinski definition) is 1. The number of nitrogens with one attached hydrogen (secondary N) is 1. The van der Waals surface area contributed by atoms with Gasteiger partial charge in [0, 0.05) is 12.6 Å². The lowest BCUT2D eigenvalue weighted by atomic mass is 10.1. The maximum absolute atomic E-state index is 5.75. The monoisotopic (exact) mass is 277 g/mol. The minimum absolute atomic E-state index is 0.370. The van der Waals surface area contributed by atoms with Crippen molar-refractivity contribution in [2.24, 2.45) is 0 Å². The lowest BCUT2D eigenvalue weighted by molar-refractivity contribution is 0.0112. The van der Waals surface area contributed by atoms with Crippen molar-refractivity contribution < 1.29 is 9.47 Å². The van der Waals surface area contributed by atoms with E-state index in [2.05, 4.69) is 24.4 Å². The summed E-state index contributed by atoms with van der Waals surface area (Å²) >= 11 is 0. The minimum atomic E-state index is 0.370. The molecule has 0 bridgehead atoms. The molecule has 1 aromatic rings. The molecule has 1 fully saturated rings. The van der Waals surface area contributed by atoms with Crippen molar-refractivity contribution in [2.75, 3.05) is 19.8 Å². The SMILES string of the molecule is CCOc1ccc(C(C)NCCC2CCCCO2)cc1. The lowest BCUT2D eigenvalue weighted by Crippen LogP contribution is -2.27. The number of ether oxygens (including phenoxy) is 2. The Morgan fingerprint density at radius 1 is 1.30 bits per heavy atom. The third-order valence-corrected chi connectivity index (χ3v) is 3.88. The molecule has 3 nitrogen and oxygen atoms in total. The van der Waals surface area contributed by atoms with Gasteiger partial charge in [0.25, 0.3) is 0 Å². The highest BCUT2D eigenvalue weighted by Crippen LogP contribution is 2.19. The summed E-state index contributed by atoms with van der Waals surface area (Å²) in [6, 6.07) is 8.73. The minimum Gasteiger partial charge on any atom is -0.494 e. The summed E-state index contributed by atoms with van der Waals surface area (Å²) in [6.07, 6.45) is 5.34. The van der Waals surface area contributed by atoms with E-state index in [9.17, 15) is 0 Å². The molecule has 0 amide bonds. The molecule has 1 aliphatic rings. The maximum Gasteiger partial charge on any atom is 0.119 e. The van der Waals surface area contributed by atoms with Crippen molar-refractivity contribution in [1.29, 1.82) is 0 Å². The number of hydrogen-bond acceptors (Lipinski definition) is 3. The van der Waals surface area contributed by atoms with Crippen LogP contribution in [0.5, 0.6) is 5.75 Å². The first kappa shape index (κ1) is 15.3. The zero-order chi connectivity index (χ0) is 14.2. The van der Waals surface area contributed by atoms with Gasteiger partial charge in [0.2, 0.25) is 0 Å². The van der Waals surface area contributed by atoms with Crippen molar-refractivity contribution in [3.8, 4) is 5.75 Å². The molecule has 2 atom stereocenters. The molecular weight excluding hydrogens is 250 g/mol. The Balaban J connectivity index is 1.71. The molecule has 2 unspecified atom stereocenters. The van der Waals surface area contributed by atoms with Gasteiger partial charge >= 0.3 is 0 Å². The molecule has 1 saturated heterocycles. The molecule has 0 saturated carbocycles. The highest BCUT2D eigenvalue weighted by molar-refractivity contribution is 5.28. The molecule has 1 aliphatic heterocycles. The number of rotatable bonds is 7. The van der Waals surface area contributed by atoms with Gasteiger partial charge in [-0.05, 0) is 63.8 Å². The number of benzene rings is 1. The van der Waals surface area contributed by atoms with E-state index in [1.165, 1.54) is 24.8 Å². The van der Waals surface area contributed by atoms with Gasteiger partial charge in [0.05, 0.1) is 12.7 Å². The van der Waals surface area contributed by atoms with E-state index in [1.807, 2.05) is 19.1 Å². The standard InChI is InChI=1S/C17H27NO2/c1-3-19-17-9-7-15(8-10-17)14(2)18-12-11-16-6-4-5-13-20-16/h7-10,14,16,18H,3-6,11-13H2,1-2H3. The van der Waals surface area contributed by atoms with Gasteiger partial charge in [-0.3, -0.25) is 0 Å². The Labute approximate surface area is 122 Å². The molecule has 3 heteroatoms. The van der Waals surface area contributed by atoms with Crippen LogP contribution in [0.1, 0.15) is 51.1 Å². The van der Waals surface area contributed by atoms with E-state index in [4.69, 9.17) is 9.47 Å².